The van der Waals surface area contributed by atoms with Gasteiger partial charge in [-0.15, -0.1) is 4.40 Å². The zero-order valence-electron chi connectivity index (χ0n) is 17.8. The van der Waals surface area contributed by atoms with E-state index in [1.807, 2.05) is 61.5 Å². The van der Waals surface area contributed by atoms with Crippen LogP contribution in [0.5, 0.6) is 5.75 Å². The number of rotatable bonds is 6. The van der Waals surface area contributed by atoms with Crippen molar-refractivity contribution in [2.75, 3.05) is 7.11 Å². The average molecular weight is 522 g/mol. The van der Waals surface area contributed by atoms with Crippen LogP contribution in [0.1, 0.15) is 17.0 Å². The van der Waals surface area contributed by atoms with Crippen LogP contribution in [-0.2, 0) is 14.8 Å². The van der Waals surface area contributed by atoms with Gasteiger partial charge in [0.1, 0.15) is 5.75 Å². The monoisotopic (exact) mass is 521 g/mol. The highest BCUT2D eigenvalue weighted by molar-refractivity contribution is 7.99. The second kappa shape index (κ2) is 9.58. The highest BCUT2D eigenvalue weighted by Gasteiger charge is 2.55. The van der Waals surface area contributed by atoms with E-state index in [2.05, 4.69) is 4.40 Å². The number of hydrogen-bond donors (Lipinski definition) is 0. The van der Waals surface area contributed by atoms with Gasteiger partial charge in [0.25, 0.3) is 10.0 Å². The summed E-state index contributed by atoms with van der Waals surface area (Å²) >= 11 is 14.9. The number of thioether (sulfide) groups is 1. The number of ether oxygens (including phenoxy) is 2. The van der Waals surface area contributed by atoms with Crippen molar-refractivity contribution in [3.63, 3.8) is 0 Å². The molecule has 4 rings (SSSR count). The first-order valence-corrected chi connectivity index (χ1v) is 13.1. The maximum atomic E-state index is 13.0. The van der Waals surface area contributed by atoms with Crippen molar-refractivity contribution in [3.8, 4) is 5.75 Å². The molecule has 0 aromatic heterocycles. The van der Waals surface area contributed by atoms with Crippen molar-refractivity contribution in [2.45, 2.75) is 32.4 Å². The smallest absolute Gasteiger partial charge is 0.285 e. The van der Waals surface area contributed by atoms with Crippen molar-refractivity contribution in [2.24, 2.45) is 4.40 Å². The van der Waals surface area contributed by atoms with Crippen molar-refractivity contribution in [1.82, 2.24) is 0 Å². The van der Waals surface area contributed by atoms with Crippen LogP contribution in [0, 0.1) is 6.92 Å². The number of sulfonamides is 1. The fraction of sp³-hybridized carbons (Fsp3) is 0.208. The Morgan fingerprint density at radius 2 is 1.61 bits per heavy atom. The molecule has 1 aliphatic heterocycles. The molecule has 9 heteroatoms. The lowest BCUT2D eigenvalue weighted by Gasteiger charge is -2.23. The lowest BCUT2D eigenvalue weighted by atomic mass is 9.97. The van der Waals surface area contributed by atoms with Crippen LogP contribution in [0.25, 0.3) is 0 Å². The van der Waals surface area contributed by atoms with E-state index in [0.717, 1.165) is 21.8 Å². The normalized spacial score (nSPS) is 21.0. The summed E-state index contributed by atoms with van der Waals surface area (Å²) < 4.78 is 39.4. The van der Waals surface area contributed by atoms with E-state index in [0.29, 0.717) is 0 Å². The summed E-state index contributed by atoms with van der Waals surface area (Å²) in [5, 5.41) is 0. The Labute approximate surface area is 207 Å². The summed E-state index contributed by atoms with van der Waals surface area (Å²) in [5.74, 6) is -0.0887. The highest BCUT2D eigenvalue weighted by Crippen LogP contribution is 2.53. The van der Waals surface area contributed by atoms with Gasteiger partial charge in [-0.1, -0.05) is 83.0 Å². The minimum absolute atomic E-state index is 0.0378. The molecule has 0 unspecified atom stereocenters. The fourth-order valence-electron chi connectivity index (χ4n) is 3.42. The topological polar surface area (TPSA) is 65.0 Å². The van der Waals surface area contributed by atoms with Gasteiger partial charge in [-0.05, 0) is 48.9 Å². The summed E-state index contributed by atoms with van der Waals surface area (Å²) in [7, 11) is -2.48. The van der Waals surface area contributed by atoms with Gasteiger partial charge in [-0.2, -0.15) is 8.42 Å². The molecule has 0 bridgehead atoms. The van der Waals surface area contributed by atoms with Crippen LogP contribution in [-0.4, -0.2) is 31.2 Å². The Bertz CT molecular complexity index is 1250. The van der Waals surface area contributed by atoms with Crippen LogP contribution in [0.15, 0.2) is 93.1 Å². The second-order valence-electron chi connectivity index (χ2n) is 7.48. The SMILES string of the molecule is COc1ccc(S[C@H]2O/C(=N\S(=O)(=O)c3ccc(C)cc3)C(Cl)(Cl)[C@@H]2c2ccccc2)cc1. The van der Waals surface area contributed by atoms with Gasteiger partial charge in [-0.3, -0.25) is 0 Å². The van der Waals surface area contributed by atoms with Gasteiger partial charge >= 0.3 is 0 Å². The van der Waals surface area contributed by atoms with E-state index in [-0.39, 0.29) is 10.8 Å². The zero-order chi connectivity index (χ0) is 23.6. The lowest BCUT2D eigenvalue weighted by molar-refractivity contribution is 0.293. The number of aryl methyl sites for hydroxylation is 1. The number of methoxy groups -OCH3 is 1. The van der Waals surface area contributed by atoms with Gasteiger partial charge < -0.3 is 9.47 Å². The van der Waals surface area contributed by atoms with Gasteiger partial charge in [0.2, 0.25) is 10.2 Å². The number of hydrogen-bond acceptors (Lipinski definition) is 5. The summed E-state index contributed by atoms with van der Waals surface area (Å²) in [6, 6.07) is 23.2. The Kier molecular flexibility index (Phi) is 6.96. The molecular formula is C24H21Cl2NO4S2. The molecule has 1 aliphatic rings. The van der Waals surface area contributed by atoms with Crippen molar-refractivity contribution < 1.29 is 17.9 Å². The van der Waals surface area contributed by atoms with Crippen molar-refractivity contribution in [3.05, 3.63) is 90.0 Å². The van der Waals surface area contributed by atoms with Crippen LogP contribution in [0.4, 0.5) is 0 Å². The highest BCUT2D eigenvalue weighted by atomic mass is 35.5. The van der Waals surface area contributed by atoms with E-state index >= 15 is 0 Å². The van der Waals surface area contributed by atoms with Gasteiger partial charge in [0.05, 0.1) is 17.9 Å². The Balaban J connectivity index is 1.73. The lowest BCUT2D eigenvalue weighted by Crippen LogP contribution is -2.28. The minimum atomic E-state index is -4.07. The molecule has 5 nitrogen and oxygen atoms in total. The third kappa shape index (κ3) is 5.17. The maximum absolute atomic E-state index is 13.0. The first-order chi connectivity index (χ1) is 15.7. The van der Waals surface area contributed by atoms with E-state index in [1.54, 1.807) is 19.2 Å². The first kappa shape index (κ1) is 24.0. The molecule has 33 heavy (non-hydrogen) atoms. The molecule has 0 spiro atoms. The standard InChI is InChI=1S/C24H21Cl2NO4S2/c1-16-8-14-20(15-9-16)33(28,29)27-23-24(25,26)21(17-6-4-3-5-7-17)22(31-23)32-19-12-10-18(30-2)11-13-19/h3-15,21-22H,1-2H3/b27-23-/t21-,22-/m1/s1. The predicted octanol–water partition coefficient (Wildman–Crippen LogP) is 6.20. The van der Waals surface area contributed by atoms with Gasteiger partial charge in [0.15, 0.2) is 5.44 Å². The molecule has 0 N–H and O–H groups in total. The van der Waals surface area contributed by atoms with Crippen LogP contribution >= 0.6 is 35.0 Å². The van der Waals surface area contributed by atoms with Crippen LogP contribution < -0.4 is 4.74 Å². The van der Waals surface area contributed by atoms with Crippen LogP contribution in [0.3, 0.4) is 0 Å². The minimum Gasteiger partial charge on any atom is -0.497 e. The fourth-order valence-corrected chi connectivity index (χ4v) is 6.52. The quantitative estimate of drug-likeness (QED) is 0.361. The summed E-state index contributed by atoms with van der Waals surface area (Å²) in [6.07, 6.45) is 0. The molecule has 3 aromatic rings. The molecule has 1 heterocycles. The summed E-state index contributed by atoms with van der Waals surface area (Å²) in [6.45, 7) is 1.87. The van der Waals surface area contributed by atoms with E-state index in [1.165, 1.54) is 23.9 Å². The molecule has 0 saturated carbocycles. The molecule has 1 saturated heterocycles. The van der Waals surface area contributed by atoms with Gasteiger partial charge in [-0.25, -0.2) is 0 Å². The number of benzene rings is 3. The Morgan fingerprint density at radius 3 is 2.21 bits per heavy atom. The molecule has 3 aromatic carbocycles. The summed E-state index contributed by atoms with van der Waals surface area (Å²) in [4.78, 5) is 0.921. The maximum Gasteiger partial charge on any atom is 0.285 e. The van der Waals surface area contributed by atoms with E-state index in [4.69, 9.17) is 32.7 Å². The zero-order valence-corrected chi connectivity index (χ0v) is 21.0. The molecule has 0 aliphatic carbocycles. The third-order valence-corrected chi connectivity index (χ3v) is 8.38. The number of alkyl halides is 2. The Hall–Kier alpha value is -2.19. The molecule has 0 radical (unpaired) electrons. The predicted molar refractivity (Wildman–Crippen MR) is 133 cm³/mol. The van der Waals surface area contributed by atoms with Crippen molar-refractivity contribution >= 4 is 50.9 Å². The Morgan fingerprint density at radius 1 is 0.970 bits per heavy atom. The second-order valence-corrected chi connectivity index (χ2v) is 11.6. The molecular weight excluding hydrogens is 501 g/mol. The summed E-state index contributed by atoms with van der Waals surface area (Å²) in [5.41, 5.74) is 1.14. The van der Waals surface area contributed by atoms with Crippen molar-refractivity contribution in [1.29, 1.82) is 0 Å². The van der Waals surface area contributed by atoms with Gasteiger partial charge in [0, 0.05) is 4.90 Å². The third-order valence-electron chi connectivity index (χ3n) is 5.17. The number of nitrogens with zero attached hydrogens (tertiary/aromatic N) is 1. The van der Waals surface area contributed by atoms with E-state index < -0.39 is 25.7 Å². The molecule has 1 fully saturated rings. The first-order valence-electron chi connectivity index (χ1n) is 10.0. The largest absolute Gasteiger partial charge is 0.497 e. The molecule has 0 amide bonds. The number of halogens is 2. The molecule has 172 valence electrons. The van der Waals surface area contributed by atoms with E-state index in [9.17, 15) is 8.42 Å². The molecule has 2 atom stereocenters. The average Bonchev–Trinajstić information content (AvgIpc) is 3.03. The van der Waals surface area contributed by atoms with Crippen LogP contribution in [0.2, 0.25) is 0 Å².